The van der Waals surface area contributed by atoms with E-state index in [0.717, 1.165) is 25.3 Å². The van der Waals surface area contributed by atoms with Gasteiger partial charge < -0.3 is 10.4 Å². The number of benzene rings is 1. The smallest absolute Gasteiger partial charge is 0.131 e. The Morgan fingerprint density at radius 1 is 1.35 bits per heavy atom. The molecule has 0 amide bonds. The van der Waals surface area contributed by atoms with E-state index < -0.39 is 0 Å². The molecule has 0 saturated carbocycles. The molecule has 0 fully saturated rings. The summed E-state index contributed by atoms with van der Waals surface area (Å²) in [5, 5.41) is 12.6. The van der Waals surface area contributed by atoms with Crippen LogP contribution in [0.15, 0.2) is 18.2 Å². The molecular weight excluding hydrogens is 217 g/mol. The normalized spacial score (nSPS) is 14.6. The van der Waals surface area contributed by atoms with Gasteiger partial charge in [-0.3, -0.25) is 0 Å². The molecule has 1 aromatic carbocycles. The molecule has 0 saturated heterocycles. The highest BCUT2D eigenvalue weighted by Crippen LogP contribution is 2.22. The van der Waals surface area contributed by atoms with E-state index in [1.165, 1.54) is 6.07 Å². The maximum Gasteiger partial charge on any atom is 0.131 e. The minimum Gasteiger partial charge on any atom is -0.508 e. The van der Waals surface area contributed by atoms with Crippen molar-refractivity contribution in [2.45, 2.75) is 52.1 Å². The van der Waals surface area contributed by atoms with E-state index in [1.807, 2.05) is 6.92 Å². The van der Waals surface area contributed by atoms with Gasteiger partial charge in [0.2, 0.25) is 0 Å². The predicted octanol–water partition coefficient (Wildman–Crippen LogP) is 3.76. The van der Waals surface area contributed by atoms with Crippen molar-refractivity contribution in [3.63, 3.8) is 0 Å². The van der Waals surface area contributed by atoms with E-state index in [2.05, 4.69) is 19.2 Å². The molecule has 0 bridgehead atoms. The van der Waals surface area contributed by atoms with Gasteiger partial charge in [0.25, 0.3) is 0 Å². The van der Waals surface area contributed by atoms with Gasteiger partial charge in [-0.05, 0) is 25.8 Å². The van der Waals surface area contributed by atoms with Crippen molar-refractivity contribution in [3.05, 3.63) is 29.6 Å². The maximum atomic E-state index is 13.6. The summed E-state index contributed by atoms with van der Waals surface area (Å²) in [6.45, 7) is 6.23. The van der Waals surface area contributed by atoms with Crippen molar-refractivity contribution >= 4 is 0 Å². The van der Waals surface area contributed by atoms with Crippen LogP contribution in [-0.2, 0) is 0 Å². The molecule has 2 unspecified atom stereocenters. The van der Waals surface area contributed by atoms with Crippen LogP contribution in [0.5, 0.6) is 5.75 Å². The first-order valence-electron chi connectivity index (χ1n) is 6.32. The molecule has 0 aliphatic rings. The second-order valence-electron chi connectivity index (χ2n) is 4.49. The number of aromatic hydroxyl groups is 1. The monoisotopic (exact) mass is 239 g/mol. The minimum absolute atomic E-state index is 0.0287. The van der Waals surface area contributed by atoms with Crippen LogP contribution in [0.25, 0.3) is 0 Å². The second kappa shape index (κ2) is 6.60. The Hall–Kier alpha value is -1.09. The van der Waals surface area contributed by atoms with Crippen molar-refractivity contribution in [2.24, 2.45) is 0 Å². The molecule has 0 spiro atoms. The summed E-state index contributed by atoms with van der Waals surface area (Å²) in [6.07, 6.45) is 3.26. The van der Waals surface area contributed by atoms with E-state index in [9.17, 15) is 9.50 Å². The molecule has 17 heavy (non-hydrogen) atoms. The fourth-order valence-electron chi connectivity index (χ4n) is 2.06. The second-order valence-corrected chi connectivity index (χ2v) is 4.49. The highest BCUT2D eigenvalue weighted by Gasteiger charge is 2.14. The number of hydrogen-bond donors (Lipinski definition) is 2. The third-order valence-electron chi connectivity index (χ3n) is 3.07. The van der Waals surface area contributed by atoms with Crippen molar-refractivity contribution in [2.75, 3.05) is 0 Å². The molecule has 0 aliphatic heterocycles. The molecule has 0 aromatic heterocycles. The van der Waals surface area contributed by atoms with Crippen LogP contribution in [0.1, 0.15) is 51.6 Å². The lowest BCUT2D eigenvalue weighted by atomic mass is 10.0. The number of rotatable bonds is 6. The number of nitrogens with one attached hydrogen (secondary N) is 1. The fourth-order valence-corrected chi connectivity index (χ4v) is 2.06. The third kappa shape index (κ3) is 4.00. The highest BCUT2D eigenvalue weighted by atomic mass is 19.1. The molecule has 1 aromatic rings. The summed E-state index contributed by atoms with van der Waals surface area (Å²) in [5.74, 6) is -0.379. The SMILES string of the molecule is CCCC(CC)NC(C)c1ccc(O)cc1F. The van der Waals surface area contributed by atoms with E-state index in [4.69, 9.17) is 0 Å². The number of phenols is 1. The minimum atomic E-state index is -0.351. The Morgan fingerprint density at radius 3 is 2.59 bits per heavy atom. The van der Waals surface area contributed by atoms with Gasteiger partial charge in [-0.15, -0.1) is 0 Å². The number of halogens is 1. The lowest BCUT2D eigenvalue weighted by Gasteiger charge is -2.22. The summed E-state index contributed by atoms with van der Waals surface area (Å²) < 4.78 is 13.6. The summed E-state index contributed by atoms with van der Waals surface area (Å²) in [4.78, 5) is 0. The van der Waals surface area contributed by atoms with Gasteiger partial charge in [0.05, 0.1) is 0 Å². The topological polar surface area (TPSA) is 32.3 Å². The van der Waals surface area contributed by atoms with E-state index >= 15 is 0 Å². The highest BCUT2D eigenvalue weighted by molar-refractivity contribution is 5.29. The Balaban J connectivity index is 2.71. The van der Waals surface area contributed by atoms with Gasteiger partial charge in [-0.25, -0.2) is 4.39 Å². The van der Waals surface area contributed by atoms with Crippen LogP contribution in [0.3, 0.4) is 0 Å². The van der Waals surface area contributed by atoms with Gasteiger partial charge in [0.15, 0.2) is 0 Å². The van der Waals surface area contributed by atoms with Crippen molar-refractivity contribution in [1.82, 2.24) is 5.32 Å². The van der Waals surface area contributed by atoms with Crippen LogP contribution in [0.4, 0.5) is 4.39 Å². The summed E-state index contributed by atoms with van der Waals surface area (Å²) in [7, 11) is 0. The zero-order valence-electron chi connectivity index (χ0n) is 10.8. The van der Waals surface area contributed by atoms with Gasteiger partial charge in [0.1, 0.15) is 11.6 Å². The van der Waals surface area contributed by atoms with Crippen LogP contribution >= 0.6 is 0 Å². The first-order chi connectivity index (χ1) is 8.08. The number of hydrogen-bond acceptors (Lipinski definition) is 2. The molecular formula is C14H22FNO. The first kappa shape index (κ1) is 14.0. The van der Waals surface area contributed by atoms with Gasteiger partial charge in [0, 0.05) is 23.7 Å². The van der Waals surface area contributed by atoms with Crippen LogP contribution in [0.2, 0.25) is 0 Å². The average Bonchev–Trinajstić information content (AvgIpc) is 2.28. The summed E-state index contributed by atoms with van der Waals surface area (Å²) in [5.41, 5.74) is 0.609. The quantitative estimate of drug-likeness (QED) is 0.792. The molecule has 3 heteroatoms. The van der Waals surface area contributed by atoms with Crippen LogP contribution in [0, 0.1) is 5.82 Å². The van der Waals surface area contributed by atoms with E-state index in [0.29, 0.717) is 11.6 Å². The molecule has 0 radical (unpaired) electrons. The molecule has 0 heterocycles. The van der Waals surface area contributed by atoms with Gasteiger partial charge >= 0.3 is 0 Å². The van der Waals surface area contributed by atoms with Crippen molar-refractivity contribution in [3.8, 4) is 5.75 Å². The predicted molar refractivity (Wildman–Crippen MR) is 68.6 cm³/mol. The molecule has 2 atom stereocenters. The largest absolute Gasteiger partial charge is 0.508 e. The standard InChI is InChI=1S/C14H22FNO/c1-4-6-11(5-2)16-10(3)13-8-7-12(17)9-14(13)15/h7-11,16-17H,4-6H2,1-3H3. The van der Waals surface area contributed by atoms with E-state index in [-0.39, 0.29) is 17.6 Å². The zero-order chi connectivity index (χ0) is 12.8. The van der Waals surface area contributed by atoms with Gasteiger partial charge in [-0.2, -0.15) is 0 Å². The van der Waals surface area contributed by atoms with Crippen molar-refractivity contribution < 1.29 is 9.50 Å². The molecule has 96 valence electrons. The maximum absolute atomic E-state index is 13.6. The van der Waals surface area contributed by atoms with Crippen LogP contribution < -0.4 is 5.32 Å². The Labute approximate surface area is 103 Å². The lowest BCUT2D eigenvalue weighted by molar-refractivity contribution is 0.406. The summed E-state index contributed by atoms with van der Waals surface area (Å²) in [6, 6.07) is 4.71. The molecule has 0 aliphatic carbocycles. The van der Waals surface area contributed by atoms with Crippen molar-refractivity contribution in [1.29, 1.82) is 0 Å². The third-order valence-corrected chi connectivity index (χ3v) is 3.07. The lowest BCUT2D eigenvalue weighted by Crippen LogP contribution is -2.31. The fraction of sp³-hybridized carbons (Fsp3) is 0.571. The Bertz CT molecular complexity index is 354. The summed E-state index contributed by atoms with van der Waals surface area (Å²) >= 11 is 0. The average molecular weight is 239 g/mol. The first-order valence-corrected chi connectivity index (χ1v) is 6.32. The van der Waals surface area contributed by atoms with Crippen LogP contribution in [-0.4, -0.2) is 11.1 Å². The van der Waals surface area contributed by atoms with E-state index in [1.54, 1.807) is 6.07 Å². The molecule has 2 N–H and O–H groups in total. The Morgan fingerprint density at radius 2 is 2.06 bits per heavy atom. The number of phenolic OH excluding ortho intramolecular Hbond substituents is 1. The molecule has 1 rings (SSSR count). The zero-order valence-corrected chi connectivity index (χ0v) is 10.8. The Kier molecular flexibility index (Phi) is 5.42. The van der Waals surface area contributed by atoms with Gasteiger partial charge in [-0.1, -0.05) is 26.3 Å². The molecule has 2 nitrogen and oxygen atoms in total.